The van der Waals surface area contributed by atoms with Crippen molar-refractivity contribution in [2.24, 2.45) is 0 Å². The molecule has 0 aliphatic carbocycles. The quantitative estimate of drug-likeness (QED) is 0.482. The monoisotopic (exact) mass is 191 g/mol. The maximum absolute atomic E-state index is 11.3. The van der Waals surface area contributed by atoms with Gasteiger partial charge in [0, 0.05) is 25.4 Å². The molecule has 0 aliphatic heterocycles. The van der Waals surface area contributed by atoms with Gasteiger partial charge in [-0.25, -0.2) is 0 Å². The van der Waals surface area contributed by atoms with E-state index < -0.39 is 0 Å². The highest BCUT2D eigenvalue weighted by Crippen LogP contribution is 2.03. The van der Waals surface area contributed by atoms with Gasteiger partial charge in [0.1, 0.15) is 0 Å². The molecule has 0 saturated carbocycles. The average molecular weight is 192 g/mol. The summed E-state index contributed by atoms with van der Waals surface area (Å²) < 4.78 is 0. The predicted molar refractivity (Wildman–Crippen MR) is 52.5 cm³/mol. The van der Waals surface area contributed by atoms with Gasteiger partial charge in [0.25, 0.3) is 0 Å². The van der Waals surface area contributed by atoms with Crippen LogP contribution in [-0.4, -0.2) is 29.8 Å². The summed E-state index contributed by atoms with van der Waals surface area (Å²) in [5, 5.41) is 0. The Bertz CT molecular complexity index is 136. The van der Waals surface area contributed by atoms with Gasteiger partial charge in [-0.3, -0.25) is 4.79 Å². The van der Waals surface area contributed by atoms with Gasteiger partial charge in [0.2, 0.25) is 5.91 Å². The Labute approximate surface area is 79.9 Å². The highest BCUT2D eigenvalue weighted by molar-refractivity contribution is 6.17. The molecule has 72 valence electrons. The van der Waals surface area contributed by atoms with Crippen LogP contribution in [0.15, 0.2) is 0 Å². The summed E-state index contributed by atoms with van der Waals surface area (Å²) in [7, 11) is 1.84. The predicted octanol–water partition coefficient (Wildman–Crippen LogP) is 2.26. The molecule has 0 saturated heterocycles. The van der Waals surface area contributed by atoms with E-state index in [4.69, 9.17) is 11.6 Å². The topological polar surface area (TPSA) is 20.3 Å². The lowest BCUT2D eigenvalue weighted by molar-refractivity contribution is -0.131. The molecular formula is C9H18ClNO. The smallest absolute Gasteiger partial charge is 0.222 e. The van der Waals surface area contributed by atoms with Crippen molar-refractivity contribution in [3.05, 3.63) is 0 Å². The van der Waals surface area contributed by atoms with Crippen molar-refractivity contribution >= 4 is 17.5 Å². The van der Waals surface area contributed by atoms with Gasteiger partial charge in [-0.15, -0.1) is 11.6 Å². The van der Waals surface area contributed by atoms with E-state index in [0.29, 0.717) is 18.3 Å². The summed E-state index contributed by atoms with van der Waals surface area (Å²) in [4.78, 5) is 13.1. The number of alkyl halides is 1. The van der Waals surface area contributed by atoms with Crippen molar-refractivity contribution in [1.29, 1.82) is 0 Å². The molecule has 0 rings (SSSR count). The first-order chi connectivity index (χ1) is 5.59. The standard InChI is InChI=1S/C9H18ClNO/c1-8(2)11(3)9(12)6-4-5-7-10/h8H,4-7H2,1-3H3. The van der Waals surface area contributed by atoms with Crippen LogP contribution in [0.2, 0.25) is 0 Å². The summed E-state index contributed by atoms with van der Waals surface area (Å²) >= 11 is 5.50. The first-order valence-corrected chi connectivity index (χ1v) is 4.94. The first-order valence-electron chi connectivity index (χ1n) is 4.41. The lowest BCUT2D eigenvalue weighted by Crippen LogP contribution is -2.32. The molecule has 0 N–H and O–H groups in total. The lowest BCUT2D eigenvalue weighted by Gasteiger charge is -2.21. The van der Waals surface area contributed by atoms with E-state index in [1.54, 1.807) is 4.90 Å². The molecule has 1 amide bonds. The Morgan fingerprint density at radius 1 is 1.42 bits per heavy atom. The Morgan fingerprint density at radius 3 is 2.42 bits per heavy atom. The minimum atomic E-state index is 0.218. The summed E-state index contributed by atoms with van der Waals surface area (Å²) in [6.07, 6.45) is 2.46. The SMILES string of the molecule is CC(C)N(C)C(=O)CCCCCl. The van der Waals surface area contributed by atoms with Crippen LogP contribution in [0.4, 0.5) is 0 Å². The number of halogens is 1. The maximum Gasteiger partial charge on any atom is 0.222 e. The molecule has 0 heterocycles. The second kappa shape index (κ2) is 6.30. The van der Waals surface area contributed by atoms with Crippen molar-refractivity contribution < 1.29 is 4.79 Å². The zero-order valence-electron chi connectivity index (χ0n) is 8.14. The van der Waals surface area contributed by atoms with Crippen molar-refractivity contribution in [2.45, 2.75) is 39.2 Å². The molecule has 0 bridgehead atoms. The van der Waals surface area contributed by atoms with E-state index >= 15 is 0 Å². The van der Waals surface area contributed by atoms with E-state index in [0.717, 1.165) is 12.8 Å². The van der Waals surface area contributed by atoms with Gasteiger partial charge in [0.05, 0.1) is 0 Å². The van der Waals surface area contributed by atoms with Gasteiger partial charge < -0.3 is 4.90 Å². The van der Waals surface area contributed by atoms with E-state index in [9.17, 15) is 4.79 Å². The second-order valence-electron chi connectivity index (χ2n) is 3.24. The molecule has 0 atom stereocenters. The molecule has 0 fully saturated rings. The number of carbonyl (C=O) groups excluding carboxylic acids is 1. The largest absolute Gasteiger partial charge is 0.343 e. The second-order valence-corrected chi connectivity index (χ2v) is 3.62. The fraction of sp³-hybridized carbons (Fsp3) is 0.889. The summed E-state index contributed by atoms with van der Waals surface area (Å²) in [5.74, 6) is 0.869. The van der Waals surface area contributed by atoms with E-state index in [1.807, 2.05) is 20.9 Å². The average Bonchev–Trinajstić information content (AvgIpc) is 2.03. The zero-order valence-corrected chi connectivity index (χ0v) is 8.90. The maximum atomic E-state index is 11.3. The van der Waals surface area contributed by atoms with Crippen molar-refractivity contribution in [3.8, 4) is 0 Å². The summed E-state index contributed by atoms with van der Waals surface area (Å²) in [5.41, 5.74) is 0. The summed E-state index contributed by atoms with van der Waals surface area (Å²) in [6.45, 7) is 4.03. The van der Waals surface area contributed by atoms with Crippen molar-refractivity contribution in [2.75, 3.05) is 12.9 Å². The van der Waals surface area contributed by atoms with E-state index in [2.05, 4.69) is 0 Å². The van der Waals surface area contributed by atoms with E-state index in [-0.39, 0.29) is 5.91 Å². The van der Waals surface area contributed by atoms with Crippen LogP contribution < -0.4 is 0 Å². The third-order valence-corrected chi connectivity index (χ3v) is 2.21. The molecule has 3 heteroatoms. The number of hydrogen-bond donors (Lipinski definition) is 0. The number of nitrogens with zero attached hydrogens (tertiary/aromatic N) is 1. The fourth-order valence-electron chi connectivity index (χ4n) is 0.835. The third kappa shape index (κ3) is 4.60. The minimum Gasteiger partial charge on any atom is -0.343 e. The number of rotatable bonds is 5. The molecule has 0 unspecified atom stereocenters. The van der Waals surface area contributed by atoms with Crippen LogP contribution in [0.1, 0.15) is 33.1 Å². The van der Waals surface area contributed by atoms with Gasteiger partial charge in [-0.05, 0) is 26.7 Å². The third-order valence-electron chi connectivity index (χ3n) is 1.94. The zero-order chi connectivity index (χ0) is 9.56. The van der Waals surface area contributed by atoms with Gasteiger partial charge in [0.15, 0.2) is 0 Å². The highest BCUT2D eigenvalue weighted by Gasteiger charge is 2.10. The lowest BCUT2D eigenvalue weighted by atomic mass is 10.2. The van der Waals surface area contributed by atoms with Crippen LogP contribution >= 0.6 is 11.6 Å². The van der Waals surface area contributed by atoms with Crippen LogP contribution in [0, 0.1) is 0 Å². The molecule has 0 radical (unpaired) electrons. The van der Waals surface area contributed by atoms with Crippen LogP contribution in [0.5, 0.6) is 0 Å². The molecule has 2 nitrogen and oxygen atoms in total. The molecule has 0 aromatic rings. The fourth-order valence-corrected chi connectivity index (χ4v) is 1.02. The minimum absolute atomic E-state index is 0.218. The Kier molecular flexibility index (Phi) is 6.17. The number of hydrogen-bond acceptors (Lipinski definition) is 1. The normalized spacial score (nSPS) is 10.4. The molecule has 0 aromatic carbocycles. The van der Waals surface area contributed by atoms with Crippen LogP contribution in [0.25, 0.3) is 0 Å². The molecule has 0 spiro atoms. The Morgan fingerprint density at radius 2 is 2.00 bits per heavy atom. The Balaban J connectivity index is 3.57. The van der Waals surface area contributed by atoms with Gasteiger partial charge in [-0.1, -0.05) is 0 Å². The summed E-state index contributed by atoms with van der Waals surface area (Å²) in [6, 6.07) is 0.300. The number of unbranched alkanes of at least 4 members (excludes halogenated alkanes) is 1. The Hall–Kier alpha value is -0.240. The van der Waals surface area contributed by atoms with Crippen LogP contribution in [-0.2, 0) is 4.79 Å². The van der Waals surface area contributed by atoms with Crippen molar-refractivity contribution in [3.63, 3.8) is 0 Å². The van der Waals surface area contributed by atoms with E-state index in [1.165, 1.54) is 0 Å². The van der Waals surface area contributed by atoms with Gasteiger partial charge >= 0.3 is 0 Å². The molecule has 12 heavy (non-hydrogen) atoms. The highest BCUT2D eigenvalue weighted by atomic mass is 35.5. The molecule has 0 aliphatic rings. The first kappa shape index (κ1) is 11.8. The molecular weight excluding hydrogens is 174 g/mol. The molecule has 0 aromatic heterocycles. The van der Waals surface area contributed by atoms with Gasteiger partial charge in [-0.2, -0.15) is 0 Å². The number of carbonyl (C=O) groups is 1. The van der Waals surface area contributed by atoms with Crippen molar-refractivity contribution in [1.82, 2.24) is 4.90 Å². The number of amides is 1. The van der Waals surface area contributed by atoms with Crippen LogP contribution in [0.3, 0.4) is 0 Å².